The molecule has 0 aliphatic carbocycles. The molecule has 1 aromatic carbocycles. The summed E-state index contributed by atoms with van der Waals surface area (Å²) in [6.45, 7) is 0. The van der Waals surface area contributed by atoms with Crippen LogP contribution in [0.3, 0.4) is 0 Å². The molecule has 94 valence electrons. The van der Waals surface area contributed by atoms with Crippen LogP contribution in [0.15, 0.2) is 30.5 Å². The molecule has 0 atom stereocenters. The summed E-state index contributed by atoms with van der Waals surface area (Å²) in [5.74, 6) is 1.02. The van der Waals surface area contributed by atoms with Crippen LogP contribution in [0.1, 0.15) is 0 Å². The molecule has 2 rings (SSSR count). The molecule has 3 N–H and O–H groups in total. The number of anilines is 2. The predicted molar refractivity (Wildman–Crippen MR) is 69.2 cm³/mol. The molecule has 1 heterocycles. The number of aromatic amines is 1. The maximum atomic E-state index is 11.7. The molecule has 7 heteroatoms. The Hall–Kier alpha value is -2.21. The summed E-state index contributed by atoms with van der Waals surface area (Å²) in [5.41, 5.74) is 0.488. The zero-order valence-electron chi connectivity index (χ0n) is 9.53. The number of aromatic nitrogens is 2. The standard InChI is InChI=1S/C11H11ClN4O2/c1-18-9-3-2-7(12)6-8(9)14-11(17)15-10-4-5-13-16-10/h2-6H,1H3,(H3,13,14,15,16,17). The topological polar surface area (TPSA) is 79.0 Å². The minimum absolute atomic E-state index is 0.417. The van der Waals surface area contributed by atoms with Gasteiger partial charge in [-0.2, -0.15) is 5.10 Å². The second-order valence-electron chi connectivity index (χ2n) is 3.39. The maximum absolute atomic E-state index is 11.7. The lowest BCUT2D eigenvalue weighted by molar-refractivity contribution is 0.262. The normalized spacial score (nSPS) is 9.89. The van der Waals surface area contributed by atoms with Crippen molar-refractivity contribution in [2.24, 2.45) is 0 Å². The van der Waals surface area contributed by atoms with Gasteiger partial charge in [0.1, 0.15) is 11.6 Å². The Balaban J connectivity index is 2.08. The van der Waals surface area contributed by atoms with Crippen molar-refractivity contribution in [2.75, 3.05) is 17.7 Å². The van der Waals surface area contributed by atoms with Gasteiger partial charge in [0.25, 0.3) is 0 Å². The lowest BCUT2D eigenvalue weighted by Gasteiger charge is -2.10. The number of ether oxygens (including phenoxy) is 1. The monoisotopic (exact) mass is 266 g/mol. The Morgan fingerprint density at radius 2 is 2.22 bits per heavy atom. The molecule has 0 fully saturated rings. The van der Waals surface area contributed by atoms with E-state index in [1.54, 1.807) is 24.3 Å². The number of H-pyrrole nitrogens is 1. The first-order chi connectivity index (χ1) is 8.69. The highest BCUT2D eigenvalue weighted by molar-refractivity contribution is 6.31. The van der Waals surface area contributed by atoms with Gasteiger partial charge in [0, 0.05) is 11.1 Å². The van der Waals surface area contributed by atoms with E-state index >= 15 is 0 Å². The number of rotatable bonds is 3. The van der Waals surface area contributed by atoms with Crippen molar-refractivity contribution in [1.82, 2.24) is 10.2 Å². The summed E-state index contributed by atoms with van der Waals surface area (Å²) in [5, 5.41) is 12.0. The molecular formula is C11H11ClN4O2. The van der Waals surface area contributed by atoms with Crippen LogP contribution in [0.25, 0.3) is 0 Å². The third kappa shape index (κ3) is 2.92. The minimum Gasteiger partial charge on any atom is -0.495 e. The van der Waals surface area contributed by atoms with Gasteiger partial charge in [0.2, 0.25) is 0 Å². The van der Waals surface area contributed by atoms with E-state index in [1.165, 1.54) is 13.3 Å². The molecule has 2 amide bonds. The fourth-order valence-corrected chi connectivity index (χ4v) is 1.55. The second kappa shape index (κ2) is 5.42. The lowest BCUT2D eigenvalue weighted by atomic mass is 10.3. The van der Waals surface area contributed by atoms with Crippen LogP contribution in [-0.4, -0.2) is 23.3 Å². The van der Waals surface area contributed by atoms with Crippen LogP contribution in [0.5, 0.6) is 5.75 Å². The molecule has 18 heavy (non-hydrogen) atoms. The number of hydrogen-bond acceptors (Lipinski definition) is 3. The third-order valence-electron chi connectivity index (χ3n) is 2.16. The van der Waals surface area contributed by atoms with E-state index in [0.717, 1.165) is 0 Å². The molecule has 1 aromatic heterocycles. The summed E-state index contributed by atoms with van der Waals surface area (Å²) in [7, 11) is 1.52. The number of nitrogens with zero attached hydrogens (tertiary/aromatic N) is 1. The molecule has 0 saturated heterocycles. The number of carbonyl (C=O) groups is 1. The van der Waals surface area contributed by atoms with Crippen molar-refractivity contribution >= 4 is 29.1 Å². The zero-order valence-corrected chi connectivity index (χ0v) is 10.3. The SMILES string of the molecule is COc1ccc(Cl)cc1NC(=O)Nc1ccn[nH]1. The molecular weight excluding hydrogens is 256 g/mol. The van der Waals surface area contributed by atoms with E-state index < -0.39 is 6.03 Å². The van der Waals surface area contributed by atoms with Crippen molar-refractivity contribution in [2.45, 2.75) is 0 Å². The van der Waals surface area contributed by atoms with E-state index in [0.29, 0.717) is 22.3 Å². The van der Waals surface area contributed by atoms with Gasteiger partial charge in [-0.25, -0.2) is 4.79 Å². The van der Waals surface area contributed by atoms with Crippen molar-refractivity contribution in [3.63, 3.8) is 0 Å². The number of amides is 2. The number of nitrogens with one attached hydrogen (secondary N) is 3. The Bertz CT molecular complexity index is 542. The van der Waals surface area contributed by atoms with Crippen molar-refractivity contribution in [3.8, 4) is 5.75 Å². The molecule has 0 aliphatic rings. The number of hydrogen-bond donors (Lipinski definition) is 3. The third-order valence-corrected chi connectivity index (χ3v) is 2.39. The first-order valence-electron chi connectivity index (χ1n) is 5.10. The van der Waals surface area contributed by atoms with Crippen LogP contribution in [0.2, 0.25) is 5.02 Å². The van der Waals surface area contributed by atoms with E-state index in [2.05, 4.69) is 20.8 Å². The maximum Gasteiger partial charge on any atom is 0.324 e. The van der Waals surface area contributed by atoms with Gasteiger partial charge in [0.15, 0.2) is 0 Å². The van der Waals surface area contributed by atoms with Gasteiger partial charge < -0.3 is 10.1 Å². The van der Waals surface area contributed by atoms with E-state index in [9.17, 15) is 4.79 Å². The summed E-state index contributed by atoms with van der Waals surface area (Å²) in [6, 6.07) is 6.17. The highest BCUT2D eigenvalue weighted by atomic mass is 35.5. The average molecular weight is 267 g/mol. The van der Waals surface area contributed by atoms with Gasteiger partial charge in [-0.15, -0.1) is 0 Å². The van der Waals surface area contributed by atoms with Crippen molar-refractivity contribution < 1.29 is 9.53 Å². The number of urea groups is 1. The molecule has 0 bridgehead atoms. The van der Waals surface area contributed by atoms with Crippen LogP contribution < -0.4 is 15.4 Å². The first-order valence-corrected chi connectivity index (χ1v) is 5.48. The minimum atomic E-state index is -0.417. The Morgan fingerprint density at radius 1 is 1.39 bits per heavy atom. The smallest absolute Gasteiger partial charge is 0.324 e. The summed E-state index contributed by atoms with van der Waals surface area (Å²) < 4.78 is 5.12. The molecule has 0 aliphatic heterocycles. The van der Waals surface area contributed by atoms with Gasteiger partial charge in [-0.05, 0) is 18.2 Å². The van der Waals surface area contributed by atoms with Crippen molar-refractivity contribution in [1.29, 1.82) is 0 Å². The first kappa shape index (κ1) is 12.3. The van der Waals surface area contributed by atoms with Gasteiger partial charge in [0.05, 0.1) is 19.0 Å². The summed E-state index contributed by atoms with van der Waals surface area (Å²) >= 11 is 5.86. The molecule has 0 saturated carbocycles. The Labute approximate surface area is 108 Å². The van der Waals surface area contributed by atoms with Crippen LogP contribution in [0.4, 0.5) is 16.3 Å². The summed E-state index contributed by atoms with van der Waals surface area (Å²) in [6.07, 6.45) is 1.54. The van der Waals surface area contributed by atoms with E-state index in [-0.39, 0.29) is 0 Å². The average Bonchev–Trinajstić information content (AvgIpc) is 2.82. The predicted octanol–water partition coefficient (Wildman–Crippen LogP) is 2.72. The largest absolute Gasteiger partial charge is 0.495 e. The quantitative estimate of drug-likeness (QED) is 0.799. The number of carbonyl (C=O) groups excluding carboxylic acids is 1. The van der Waals surface area contributed by atoms with Crippen LogP contribution >= 0.6 is 11.6 Å². The van der Waals surface area contributed by atoms with E-state index in [1.807, 2.05) is 0 Å². The highest BCUT2D eigenvalue weighted by Crippen LogP contribution is 2.27. The number of methoxy groups -OCH3 is 1. The fourth-order valence-electron chi connectivity index (χ4n) is 1.38. The Morgan fingerprint density at radius 3 is 2.89 bits per heavy atom. The summed E-state index contributed by atoms with van der Waals surface area (Å²) in [4.78, 5) is 11.7. The number of benzene rings is 1. The molecule has 6 nitrogen and oxygen atoms in total. The molecule has 0 radical (unpaired) electrons. The van der Waals surface area contributed by atoms with Gasteiger partial charge in [-0.3, -0.25) is 10.4 Å². The molecule has 0 spiro atoms. The molecule has 2 aromatic rings. The van der Waals surface area contributed by atoms with Crippen LogP contribution in [0, 0.1) is 0 Å². The van der Waals surface area contributed by atoms with Crippen molar-refractivity contribution in [3.05, 3.63) is 35.5 Å². The fraction of sp³-hybridized carbons (Fsp3) is 0.0909. The second-order valence-corrected chi connectivity index (χ2v) is 3.83. The molecule has 0 unspecified atom stereocenters. The van der Waals surface area contributed by atoms with Gasteiger partial charge >= 0.3 is 6.03 Å². The Kier molecular flexibility index (Phi) is 3.69. The van der Waals surface area contributed by atoms with Gasteiger partial charge in [-0.1, -0.05) is 11.6 Å². The zero-order chi connectivity index (χ0) is 13.0. The van der Waals surface area contributed by atoms with Crippen LogP contribution in [-0.2, 0) is 0 Å². The van der Waals surface area contributed by atoms with E-state index in [4.69, 9.17) is 16.3 Å². The number of halogens is 1. The lowest BCUT2D eigenvalue weighted by Crippen LogP contribution is -2.20. The highest BCUT2D eigenvalue weighted by Gasteiger charge is 2.08.